The number of hydrogen-bond donors (Lipinski definition) is 1. The van der Waals surface area contributed by atoms with Gasteiger partial charge in [-0.3, -0.25) is 0 Å². The number of hydrogen-bond acceptors (Lipinski definition) is 4. The maximum absolute atomic E-state index is 3.98. The van der Waals surface area contributed by atoms with Crippen molar-refractivity contribution in [3.05, 3.63) is 11.1 Å². The summed E-state index contributed by atoms with van der Waals surface area (Å²) in [4.78, 5) is 0. The summed E-state index contributed by atoms with van der Waals surface area (Å²) in [7, 11) is 0. The maximum Gasteiger partial charge on any atom is 0.0851 e. The fourth-order valence-electron chi connectivity index (χ4n) is 0.253. The highest BCUT2D eigenvalue weighted by atomic mass is 32.1. The highest BCUT2D eigenvalue weighted by Gasteiger charge is 1.86. The summed E-state index contributed by atoms with van der Waals surface area (Å²) in [5, 5.41) is 5.61. The summed E-state index contributed by atoms with van der Waals surface area (Å²) >= 11 is 5.33. The second kappa shape index (κ2) is 2.28. The molecule has 0 spiro atoms. The van der Waals surface area contributed by atoms with Crippen molar-refractivity contribution in [2.75, 3.05) is 0 Å². The van der Waals surface area contributed by atoms with E-state index < -0.39 is 0 Å². The minimum absolute atomic E-state index is 0.691. The Labute approximate surface area is 51.1 Å². The molecule has 0 saturated carbocycles. The van der Waals surface area contributed by atoms with Crippen molar-refractivity contribution < 1.29 is 0 Å². The molecule has 1 aromatic rings. The standard InChI is InChI=1S/C3H4N2S2/c6-1-3-2-7-5-4-3/h2,6H,1H2. The summed E-state index contributed by atoms with van der Waals surface area (Å²) in [6.07, 6.45) is 0. The number of thiol groups is 1. The third kappa shape index (κ3) is 1.14. The number of nitrogens with zero attached hydrogens (tertiary/aromatic N) is 2. The SMILES string of the molecule is SCc1csnn1. The molecule has 0 aromatic carbocycles. The third-order valence-corrected chi connectivity index (χ3v) is 1.44. The monoisotopic (exact) mass is 132 g/mol. The van der Waals surface area contributed by atoms with Gasteiger partial charge in [0.05, 0.1) is 5.69 Å². The molecule has 0 aliphatic rings. The molecule has 1 aromatic heterocycles. The van der Waals surface area contributed by atoms with Crippen molar-refractivity contribution in [1.29, 1.82) is 0 Å². The summed E-state index contributed by atoms with van der Waals surface area (Å²) in [5.74, 6) is 0.691. The van der Waals surface area contributed by atoms with Crippen LogP contribution in [0.5, 0.6) is 0 Å². The minimum Gasteiger partial charge on any atom is -0.173 e. The van der Waals surface area contributed by atoms with E-state index in [1.807, 2.05) is 5.38 Å². The summed E-state index contributed by atoms with van der Waals surface area (Å²) in [6.45, 7) is 0. The van der Waals surface area contributed by atoms with Gasteiger partial charge in [0, 0.05) is 11.1 Å². The zero-order valence-corrected chi connectivity index (χ0v) is 5.25. The van der Waals surface area contributed by atoms with Crippen LogP contribution in [0.2, 0.25) is 0 Å². The molecule has 0 aliphatic heterocycles. The average molecular weight is 132 g/mol. The van der Waals surface area contributed by atoms with Crippen LogP contribution < -0.4 is 0 Å². The summed E-state index contributed by atoms with van der Waals surface area (Å²) < 4.78 is 3.64. The van der Waals surface area contributed by atoms with Crippen LogP contribution in [-0.2, 0) is 5.75 Å². The zero-order chi connectivity index (χ0) is 5.11. The van der Waals surface area contributed by atoms with Crippen LogP contribution in [0.3, 0.4) is 0 Å². The lowest BCUT2D eigenvalue weighted by atomic mass is 10.6. The summed E-state index contributed by atoms with van der Waals surface area (Å²) in [6, 6.07) is 0. The fourth-order valence-corrected chi connectivity index (χ4v) is 0.982. The van der Waals surface area contributed by atoms with Crippen molar-refractivity contribution >= 4 is 24.2 Å². The van der Waals surface area contributed by atoms with E-state index in [1.54, 1.807) is 0 Å². The van der Waals surface area contributed by atoms with Gasteiger partial charge in [-0.2, -0.15) is 12.6 Å². The Hall–Kier alpha value is -0.0900. The van der Waals surface area contributed by atoms with Gasteiger partial charge in [0.25, 0.3) is 0 Å². The molecule has 0 radical (unpaired) electrons. The Morgan fingerprint density at radius 2 is 2.71 bits per heavy atom. The first-order valence-electron chi connectivity index (χ1n) is 1.80. The Morgan fingerprint density at radius 1 is 1.86 bits per heavy atom. The predicted molar refractivity (Wildman–Crippen MR) is 32.6 cm³/mol. The van der Waals surface area contributed by atoms with Crippen LogP contribution >= 0.6 is 24.2 Å². The quantitative estimate of drug-likeness (QED) is 0.576. The lowest BCUT2D eigenvalue weighted by Crippen LogP contribution is -1.73. The predicted octanol–water partition coefficient (Wildman–Crippen LogP) is 0.968. The van der Waals surface area contributed by atoms with Gasteiger partial charge in [0.15, 0.2) is 0 Å². The maximum atomic E-state index is 3.98. The molecule has 38 valence electrons. The molecule has 0 amide bonds. The van der Waals surface area contributed by atoms with Gasteiger partial charge in [-0.05, 0) is 11.5 Å². The van der Waals surface area contributed by atoms with E-state index in [9.17, 15) is 0 Å². The van der Waals surface area contributed by atoms with Crippen LogP contribution in [0.15, 0.2) is 5.38 Å². The molecule has 0 aliphatic carbocycles. The van der Waals surface area contributed by atoms with E-state index in [-0.39, 0.29) is 0 Å². The highest BCUT2D eigenvalue weighted by Crippen LogP contribution is 1.98. The van der Waals surface area contributed by atoms with Gasteiger partial charge in [0.1, 0.15) is 0 Å². The molecule has 0 fully saturated rings. The molecule has 7 heavy (non-hydrogen) atoms. The van der Waals surface area contributed by atoms with E-state index in [1.165, 1.54) is 11.5 Å². The molecule has 1 rings (SSSR count). The van der Waals surface area contributed by atoms with Crippen molar-refractivity contribution in [2.45, 2.75) is 5.75 Å². The molecule has 0 N–H and O–H groups in total. The second-order valence-electron chi connectivity index (χ2n) is 1.05. The van der Waals surface area contributed by atoms with E-state index in [2.05, 4.69) is 22.2 Å². The number of rotatable bonds is 1. The van der Waals surface area contributed by atoms with Crippen LogP contribution in [0.1, 0.15) is 5.69 Å². The average Bonchev–Trinajstić information content (AvgIpc) is 2.14. The molecule has 1 heterocycles. The first-order chi connectivity index (χ1) is 3.43. The Balaban J connectivity index is 2.76. The van der Waals surface area contributed by atoms with Crippen molar-refractivity contribution in [2.24, 2.45) is 0 Å². The normalized spacial score (nSPS) is 9.29. The van der Waals surface area contributed by atoms with Gasteiger partial charge in [-0.1, -0.05) is 4.49 Å². The molecular formula is C3H4N2S2. The van der Waals surface area contributed by atoms with Crippen LogP contribution in [0.4, 0.5) is 0 Å². The Bertz CT molecular complexity index is 125. The topological polar surface area (TPSA) is 25.8 Å². The van der Waals surface area contributed by atoms with Crippen molar-refractivity contribution in [3.8, 4) is 0 Å². The molecular weight excluding hydrogens is 128 g/mol. The lowest BCUT2D eigenvalue weighted by Gasteiger charge is -1.74. The molecule has 0 atom stereocenters. The van der Waals surface area contributed by atoms with Crippen molar-refractivity contribution in [1.82, 2.24) is 9.59 Å². The van der Waals surface area contributed by atoms with Gasteiger partial charge in [0.2, 0.25) is 0 Å². The smallest absolute Gasteiger partial charge is 0.0851 e. The minimum atomic E-state index is 0.691. The highest BCUT2D eigenvalue weighted by molar-refractivity contribution is 7.79. The van der Waals surface area contributed by atoms with E-state index >= 15 is 0 Å². The Kier molecular flexibility index (Phi) is 1.64. The lowest BCUT2D eigenvalue weighted by molar-refractivity contribution is 1.08. The van der Waals surface area contributed by atoms with Crippen LogP contribution in [-0.4, -0.2) is 9.59 Å². The second-order valence-corrected chi connectivity index (χ2v) is 1.98. The molecule has 0 bridgehead atoms. The first kappa shape index (κ1) is 5.05. The first-order valence-corrected chi connectivity index (χ1v) is 3.27. The third-order valence-electron chi connectivity index (χ3n) is 0.567. The molecule has 0 unspecified atom stereocenters. The zero-order valence-electron chi connectivity index (χ0n) is 3.53. The molecule has 0 saturated heterocycles. The Morgan fingerprint density at radius 3 is 3.00 bits per heavy atom. The van der Waals surface area contributed by atoms with Gasteiger partial charge in [-0.15, -0.1) is 5.10 Å². The van der Waals surface area contributed by atoms with Crippen LogP contribution in [0.25, 0.3) is 0 Å². The summed E-state index contributed by atoms with van der Waals surface area (Å²) in [5.41, 5.74) is 0.952. The van der Waals surface area contributed by atoms with Gasteiger partial charge < -0.3 is 0 Å². The molecule has 4 heteroatoms. The van der Waals surface area contributed by atoms with Gasteiger partial charge >= 0.3 is 0 Å². The van der Waals surface area contributed by atoms with E-state index in [0.717, 1.165) is 5.69 Å². The molecule has 2 nitrogen and oxygen atoms in total. The number of aromatic nitrogens is 2. The van der Waals surface area contributed by atoms with Gasteiger partial charge in [-0.25, -0.2) is 0 Å². The van der Waals surface area contributed by atoms with E-state index in [0.29, 0.717) is 5.75 Å². The van der Waals surface area contributed by atoms with Crippen molar-refractivity contribution in [3.63, 3.8) is 0 Å². The van der Waals surface area contributed by atoms with E-state index in [4.69, 9.17) is 0 Å². The van der Waals surface area contributed by atoms with Crippen LogP contribution in [0, 0.1) is 0 Å². The largest absolute Gasteiger partial charge is 0.173 e. The fraction of sp³-hybridized carbons (Fsp3) is 0.333.